The van der Waals surface area contributed by atoms with Gasteiger partial charge in [-0.2, -0.15) is 9.97 Å². The molecule has 0 aliphatic rings. The lowest BCUT2D eigenvalue weighted by Gasteiger charge is -2.11. The average molecular weight is 337 g/mol. The molecule has 1 heterocycles. The monoisotopic (exact) mass is 337 g/mol. The van der Waals surface area contributed by atoms with Crippen molar-refractivity contribution in [1.82, 2.24) is 9.97 Å². The fourth-order valence-electron chi connectivity index (χ4n) is 2.19. The predicted octanol–water partition coefficient (Wildman–Crippen LogP) is 4.21. The number of nitrogen functional groups attached to an aromatic ring is 1. The summed E-state index contributed by atoms with van der Waals surface area (Å²) in [7, 11) is 1.61. The Morgan fingerprint density at radius 1 is 0.800 bits per heavy atom. The van der Waals surface area contributed by atoms with Crippen LogP contribution in [-0.2, 0) is 6.42 Å². The second kappa shape index (κ2) is 7.53. The summed E-state index contributed by atoms with van der Waals surface area (Å²) < 4.78 is 16.6. The Bertz CT molecular complexity index is 766. The summed E-state index contributed by atoms with van der Waals surface area (Å²) in [6.45, 7) is 2.10. The zero-order chi connectivity index (χ0) is 17.6. The fraction of sp³-hybridized carbons (Fsp3) is 0.158. The van der Waals surface area contributed by atoms with Gasteiger partial charge in [-0.15, -0.1) is 0 Å². The fourth-order valence-corrected chi connectivity index (χ4v) is 2.19. The number of anilines is 1. The van der Waals surface area contributed by atoms with Gasteiger partial charge < -0.3 is 19.9 Å². The van der Waals surface area contributed by atoms with Crippen LogP contribution in [0.3, 0.4) is 0 Å². The summed E-state index contributed by atoms with van der Waals surface area (Å²) in [6, 6.07) is 14.9. The highest BCUT2D eigenvalue weighted by Crippen LogP contribution is 2.33. The lowest BCUT2D eigenvalue weighted by molar-refractivity contribution is 0.411. The number of hydrogen-bond donors (Lipinski definition) is 1. The molecule has 2 aromatic carbocycles. The number of ether oxygens (including phenoxy) is 3. The number of rotatable bonds is 6. The third kappa shape index (κ3) is 3.98. The molecule has 3 rings (SSSR count). The first-order valence-electron chi connectivity index (χ1n) is 7.88. The van der Waals surface area contributed by atoms with Gasteiger partial charge in [0.2, 0.25) is 11.8 Å². The molecule has 0 aliphatic heterocycles. The van der Waals surface area contributed by atoms with E-state index in [9.17, 15) is 0 Å². The number of nitrogens with zero attached hydrogens (tertiary/aromatic N) is 2. The smallest absolute Gasteiger partial charge is 0.249 e. The quantitative estimate of drug-likeness (QED) is 0.725. The van der Waals surface area contributed by atoms with Gasteiger partial charge in [0.25, 0.3) is 0 Å². The molecule has 25 heavy (non-hydrogen) atoms. The van der Waals surface area contributed by atoms with Crippen LogP contribution in [-0.4, -0.2) is 17.1 Å². The number of aromatic nitrogens is 2. The van der Waals surface area contributed by atoms with Crippen LogP contribution in [0.2, 0.25) is 0 Å². The molecule has 2 N–H and O–H groups in total. The normalized spacial score (nSPS) is 10.3. The number of benzene rings is 2. The lowest BCUT2D eigenvalue weighted by atomic mass is 10.2. The number of methoxy groups -OCH3 is 1. The molecule has 0 amide bonds. The predicted molar refractivity (Wildman–Crippen MR) is 95.4 cm³/mol. The van der Waals surface area contributed by atoms with Crippen molar-refractivity contribution >= 4 is 5.69 Å². The highest BCUT2D eigenvalue weighted by molar-refractivity contribution is 5.58. The van der Waals surface area contributed by atoms with Crippen LogP contribution in [0.25, 0.3) is 0 Å². The highest BCUT2D eigenvalue weighted by Gasteiger charge is 2.12. The minimum absolute atomic E-state index is 0.234. The maximum atomic E-state index is 6.09. The molecule has 1 aromatic heterocycles. The zero-order valence-electron chi connectivity index (χ0n) is 14.1. The van der Waals surface area contributed by atoms with E-state index in [0.29, 0.717) is 11.5 Å². The molecule has 0 saturated carbocycles. The van der Waals surface area contributed by atoms with Crippen molar-refractivity contribution in [1.29, 1.82) is 0 Å². The van der Waals surface area contributed by atoms with E-state index < -0.39 is 0 Å². The van der Waals surface area contributed by atoms with Crippen molar-refractivity contribution in [2.75, 3.05) is 12.8 Å². The largest absolute Gasteiger partial charge is 0.497 e. The Morgan fingerprint density at radius 2 is 1.28 bits per heavy atom. The van der Waals surface area contributed by atoms with Gasteiger partial charge in [-0.25, -0.2) is 0 Å². The standard InChI is InChI=1S/C19H19N3O3/c1-3-13-4-6-15(7-5-13)24-18-17(20)19(22-12-21-18)25-16-10-8-14(23-2)9-11-16/h4-12H,3,20H2,1-2H3. The van der Waals surface area contributed by atoms with Crippen molar-refractivity contribution in [3.63, 3.8) is 0 Å². The highest BCUT2D eigenvalue weighted by atomic mass is 16.5. The van der Waals surface area contributed by atoms with Crippen molar-refractivity contribution in [3.8, 4) is 29.0 Å². The maximum Gasteiger partial charge on any atom is 0.249 e. The van der Waals surface area contributed by atoms with Crippen molar-refractivity contribution < 1.29 is 14.2 Å². The van der Waals surface area contributed by atoms with Gasteiger partial charge >= 0.3 is 0 Å². The van der Waals surface area contributed by atoms with Crippen LogP contribution >= 0.6 is 0 Å². The molecule has 0 aliphatic carbocycles. The van der Waals surface area contributed by atoms with Gasteiger partial charge in [0, 0.05) is 0 Å². The average Bonchev–Trinajstić information content (AvgIpc) is 2.66. The zero-order valence-corrected chi connectivity index (χ0v) is 14.1. The van der Waals surface area contributed by atoms with Gasteiger partial charge in [0.15, 0.2) is 5.69 Å². The molecule has 0 atom stereocenters. The van der Waals surface area contributed by atoms with Crippen molar-refractivity contribution in [2.24, 2.45) is 0 Å². The van der Waals surface area contributed by atoms with E-state index in [0.717, 1.165) is 12.2 Å². The van der Waals surface area contributed by atoms with Crippen LogP contribution in [0.4, 0.5) is 5.69 Å². The second-order valence-electron chi connectivity index (χ2n) is 5.27. The van der Waals surface area contributed by atoms with Gasteiger partial charge in [0.05, 0.1) is 7.11 Å². The second-order valence-corrected chi connectivity index (χ2v) is 5.27. The lowest BCUT2D eigenvalue weighted by Crippen LogP contribution is -2.00. The molecule has 0 radical (unpaired) electrons. The summed E-state index contributed by atoms with van der Waals surface area (Å²) in [4.78, 5) is 8.16. The number of hydrogen-bond acceptors (Lipinski definition) is 6. The first-order valence-corrected chi connectivity index (χ1v) is 7.88. The van der Waals surface area contributed by atoms with Crippen LogP contribution < -0.4 is 19.9 Å². The summed E-state index contributed by atoms with van der Waals surface area (Å²) in [5.74, 6) is 2.47. The Morgan fingerprint density at radius 3 is 1.76 bits per heavy atom. The third-order valence-electron chi connectivity index (χ3n) is 3.63. The van der Waals surface area contributed by atoms with E-state index in [4.69, 9.17) is 19.9 Å². The minimum atomic E-state index is 0.234. The molecule has 0 bridgehead atoms. The molecular formula is C19H19N3O3. The van der Waals surface area contributed by atoms with Gasteiger partial charge in [-0.1, -0.05) is 19.1 Å². The SMILES string of the molecule is CCc1ccc(Oc2ncnc(Oc3ccc(OC)cc3)c2N)cc1. The van der Waals surface area contributed by atoms with Crippen LogP contribution in [0.15, 0.2) is 54.9 Å². The first kappa shape index (κ1) is 16.6. The molecule has 6 nitrogen and oxygen atoms in total. The molecule has 3 aromatic rings. The molecule has 0 spiro atoms. The molecule has 0 saturated heterocycles. The van der Waals surface area contributed by atoms with Crippen LogP contribution in [0.5, 0.6) is 29.0 Å². The minimum Gasteiger partial charge on any atom is -0.497 e. The molecule has 0 fully saturated rings. The van der Waals surface area contributed by atoms with Gasteiger partial charge in [0.1, 0.15) is 23.6 Å². The third-order valence-corrected chi connectivity index (χ3v) is 3.63. The van der Waals surface area contributed by atoms with Gasteiger partial charge in [-0.3, -0.25) is 0 Å². The summed E-state index contributed by atoms with van der Waals surface area (Å²) in [6.07, 6.45) is 2.32. The van der Waals surface area contributed by atoms with Gasteiger partial charge in [-0.05, 0) is 48.4 Å². The van der Waals surface area contributed by atoms with Crippen LogP contribution in [0.1, 0.15) is 12.5 Å². The Balaban J connectivity index is 1.78. The Labute approximate surface area is 146 Å². The Kier molecular flexibility index (Phi) is 4.99. The van der Waals surface area contributed by atoms with E-state index in [2.05, 4.69) is 16.9 Å². The van der Waals surface area contributed by atoms with E-state index >= 15 is 0 Å². The van der Waals surface area contributed by atoms with E-state index in [1.165, 1.54) is 11.9 Å². The van der Waals surface area contributed by atoms with Crippen molar-refractivity contribution in [3.05, 3.63) is 60.4 Å². The molecule has 0 unspecified atom stereocenters. The van der Waals surface area contributed by atoms with Crippen LogP contribution in [0, 0.1) is 0 Å². The van der Waals surface area contributed by atoms with E-state index in [1.807, 2.05) is 24.3 Å². The summed E-state index contributed by atoms with van der Waals surface area (Å²) in [5.41, 5.74) is 7.55. The molecule has 128 valence electrons. The molecule has 6 heteroatoms. The molecular weight excluding hydrogens is 318 g/mol. The summed E-state index contributed by atoms with van der Waals surface area (Å²) >= 11 is 0. The number of nitrogens with two attached hydrogens (primary N) is 1. The van der Waals surface area contributed by atoms with Crippen molar-refractivity contribution in [2.45, 2.75) is 13.3 Å². The number of aryl methyl sites for hydroxylation is 1. The maximum absolute atomic E-state index is 6.09. The van der Waals surface area contributed by atoms with E-state index in [-0.39, 0.29) is 17.4 Å². The van der Waals surface area contributed by atoms with E-state index in [1.54, 1.807) is 31.4 Å². The first-order chi connectivity index (χ1) is 12.2. The summed E-state index contributed by atoms with van der Waals surface area (Å²) in [5, 5.41) is 0. The Hall–Kier alpha value is -3.28. The topological polar surface area (TPSA) is 79.5 Å².